The first-order valence-corrected chi connectivity index (χ1v) is 12.6. The van der Waals surface area contributed by atoms with E-state index in [1.54, 1.807) is 11.0 Å². The predicted octanol–water partition coefficient (Wildman–Crippen LogP) is 5.99. The number of ether oxygens (including phenoxy) is 2. The predicted molar refractivity (Wildman–Crippen MR) is 137 cm³/mol. The minimum Gasteiger partial charge on any atom is -0.444 e. The molecule has 3 heterocycles. The van der Waals surface area contributed by atoms with Gasteiger partial charge in [0.1, 0.15) is 17.1 Å². The van der Waals surface area contributed by atoms with E-state index in [1.165, 1.54) is 6.07 Å². The first kappa shape index (κ1) is 24.4. The molecule has 1 aliphatic rings. The Kier molecular flexibility index (Phi) is 7.02. The molecule has 6 nitrogen and oxygen atoms in total. The molecule has 1 amide bonds. The van der Waals surface area contributed by atoms with Crippen LogP contribution in [0.15, 0.2) is 34.9 Å². The molecule has 1 aliphatic heterocycles. The molecule has 33 heavy (non-hydrogen) atoms. The Bertz CT molecular complexity index is 1210. The van der Waals surface area contributed by atoms with E-state index < -0.39 is 5.60 Å². The highest BCUT2D eigenvalue weighted by molar-refractivity contribution is 14.1. The summed E-state index contributed by atoms with van der Waals surface area (Å²) in [7, 11) is 0. The van der Waals surface area contributed by atoms with Gasteiger partial charge in [0.15, 0.2) is 0 Å². The second-order valence-corrected chi connectivity index (χ2v) is 11.2. The van der Waals surface area contributed by atoms with Crippen molar-refractivity contribution >= 4 is 50.3 Å². The minimum absolute atomic E-state index is 0.232. The third-order valence-corrected chi connectivity index (χ3v) is 6.86. The Hall–Kier alpha value is -1.72. The molecule has 2 aromatic heterocycles. The van der Waals surface area contributed by atoms with Crippen molar-refractivity contribution in [3.05, 3.63) is 55.6 Å². The SMILES string of the molecule is Cc1ccn2c(C[C@H]3CN(C(=O)OC(C)(C)C)CCO3)c(-c3cc(F)c(Br)cc3I)nc2c1. The third-order valence-electron chi connectivity index (χ3n) is 5.36. The molecule has 0 N–H and O–H groups in total. The fourth-order valence-corrected chi connectivity index (χ4v) is 5.36. The van der Waals surface area contributed by atoms with Gasteiger partial charge in [0.25, 0.3) is 0 Å². The van der Waals surface area contributed by atoms with Crippen LogP contribution in [0.25, 0.3) is 16.9 Å². The van der Waals surface area contributed by atoms with Crippen LogP contribution in [-0.4, -0.2) is 51.8 Å². The number of pyridine rings is 1. The van der Waals surface area contributed by atoms with Gasteiger partial charge in [0, 0.05) is 28.3 Å². The van der Waals surface area contributed by atoms with Gasteiger partial charge >= 0.3 is 6.09 Å². The molecule has 3 aromatic rings. The van der Waals surface area contributed by atoms with Crippen LogP contribution in [0.3, 0.4) is 0 Å². The van der Waals surface area contributed by atoms with E-state index in [-0.39, 0.29) is 18.0 Å². The highest BCUT2D eigenvalue weighted by atomic mass is 127. The standard InChI is InChI=1S/C24H26BrFIN3O3/c1-14-5-6-30-20(10-15-13-29(7-8-32-15)23(31)33-24(2,3)4)22(28-21(30)9-14)16-11-18(26)17(25)12-19(16)27/h5-6,9,11-12,15H,7-8,10,13H2,1-4H3/t15-/m0/s1. The fourth-order valence-electron chi connectivity index (χ4n) is 3.86. The summed E-state index contributed by atoms with van der Waals surface area (Å²) in [6, 6.07) is 7.29. The van der Waals surface area contributed by atoms with Crippen molar-refractivity contribution in [3.63, 3.8) is 0 Å². The molecule has 9 heteroatoms. The molecule has 176 valence electrons. The molecule has 1 aromatic carbocycles. The van der Waals surface area contributed by atoms with Gasteiger partial charge in [0.2, 0.25) is 0 Å². The second-order valence-electron chi connectivity index (χ2n) is 9.21. The van der Waals surface area contributed by atoms with Crippen LogP contribution >= 0.6 is 38.5 Å². The third kappa shape index (κ3) is 5.51. The fraction of sp³-hybridized carbons (Fsp3) is 0.417. The maximum atomic E-state index is 14.5. The smallest absolute Gasteiger partial charge is 0.410 e. The average Bonchev–Trinajstić information content (AvgIpc) is 3.06. The largest absolute Gasteiger partial charge is 0.444 e. The summed E-state index contributed by atoms with van der Waals surface area (Å²) < 4.78 is 29.4. The van der Waals surface area contributed by atoms with Crippen molar-refractivity contribution in [2.45, 2.75) is 45.8 Å². The van der Waals surface area contributed by atoms with Crippen molar-refractivity contribution < 1.29 is 18.7 Å². The van der Waals surface area contributed by atoms with E-state index >= 15 is 0 Å². The lowest BCUT2D eigenvalue weighted by Crippen LogP contribution is -2.48. The number of rotatable bonds is 3. The highest BCUT2D eigenvalue weighted by Gasteiger charge is 2.30. The number of imidazole rings is 1. The second kappa shape index (κ2) is 9.50. The number of carbonyl (C=O) groups is 1. The Balaban J connectivity index is 1.69. The molecule has 0 spiro atoms. The van der Waals surface area contributed by atoms with Crippen LogP contribution in [0.1, 0.15) is 32.0 Å². The van der Waals surface area contributed by atoms with Crippen molar-refractivity contribution in [1.82, 2.24) is 14.3 Å². The molecular formula is C24H26BrFIN3O3. The Morgan fingerprint density at radius 3 is 2.85 bits per heavy atom. The van der Waals surface area contributed by atoms with E-state index in [0.29, 0.717) is 30.6 Å². The van der Waals surface area contributed by atoms with Gasteiger partial charge in [-0.15, -0.1) is 0 Å². The lowest BCUT2D eigenvalue weighted by molar-refractivity contribution is -0.0418. The molecular weight excluding hydrogens is 604 g/mol. The number of fused-ring (bicyclic) bond motifs is 1. The summed E-state index contributed by atoms with van der Waals surface area (Å²) in [5.41, 5.74) is 3.69. The maximum Gasteiger partial charge on any atom is 0.410 e. The quantitative estimate of drug-likeness (QED) is 0.264. The van der Waals surface area contributed by atoms with Gasteiger partial charge in [-0.1, -0.05) is 0 Å². The molecule has 1 fully saturated rings. The van der Waals surface area contributed by atoms with Crippen LogP contribution in [0.5, 0.6) is 0 Å². The number of aromatic nitrogens is 2. The normalized spacial score (nSPS) is 16.9. The summed E-state index contributed by atoms with van der Waals surface area (Å²) in [6.45, 7) is 8.91. The van der Waals surface area contributed by atoms with E-state index in [0.717, 1.165) is 31.7 Å². The zero-order valence-corrected chi connectivity index (χ0v) is 22.7. The average molecular weight is 630 g/mol. The number of aryl methyl sites for hydroxylation is 1. The molecule has 0 unspecified atom stereocenters. The number of benzene rings is 1. The lowest BCUT2D eigenvalue weighted by Gasteiger charge is -2.34. The van der Waals surface area contributed by atoms with Gasteiger partial charge in [0.05, 0.1) is 35.1 Å². The minimum atomic E-state index is -0.556. The summed E-state index contributed by atoms with van der Waals surface area (Å²) in [5.74, 6) is -0.338. The number of amides is 1. The molecule has 0 bridgehead atoms. The summed E-state index contributed by atoms with van der Waals surface area (Å²) >= 11 is 5.46. The topological polar surface area (TPSA) is 56.1 Å². The van der Waals surface area contributed by atoms with Gasteiger partial charge in [-0.3, -0.25) is 0 Å². The van der Waals surface area contributed by atoms with Crippen LogP contribution in [0.4, 0.5) is 9.18 Å². The van der Waals surface area contributed by atoms with Gasteiger partial charge in [-0.2, -0.15) is 0 Å². The number of hydrogen-bond acceptors (Lipinski definition) is 4. The Labute approximate surface area is 214 Å². The van der Waals surface area contributed by atoms with Crippen LogP contribution < -0.4 is 0 Å². The first-order chi connectivity index (χ1) is 15.5. The number of morpholine rings is 1. The summed E-state index contributed by atoms with van der Waals surface area (Å²) in [5, 5.41) is 0. The molecule has 4 rings (SSSR count). The van der Waals surface area contributed by atoms with Crippen LogP contribution in [-0.2, 0) is 15.9 Å². The molecule has 0 aliphatic carbocycles. The number of nitrogens with zero attached hydrogens (tertiary/aromatic N) is 3. The number of carbonyl (C=O) groups excluding carboxylic acids is 1. The van der Waals surface area contributed by atoms with Gasteiger partial charge in [-0.25, -0.2) is 14.2 Å². The van der Waals surface area contributed by atoms with Crippen molar-refractivity contribution in [3.8, 4) is 11.3 Å². The zero-order valence-electron chi connectivity index (χ0n) is 19.0. The van der Waals surface area contributed by atoms with Crippen LogP contribution in [0.2, 0.25) is 0 Å². The van der Waals surface area contributed by atoms with E-state index in [2.05, 4.69) is 38.5 Å². The van der Waals surface area contributed by atoms with Crippen molar-refractivity contribution in [2.24, 2.45) is 0 Å². The van der Waals surface area contributed by atoms with E-state index in [4.69, 9.17) is 14.5 Å². The molecule has 0 radical (unpaired) electrons. The van der Waals surface area contributed by atoms with Gasteiger partial charge in [-0.05, 0) is 96.0 Å². The zero-order chi connectivity index (χ0) is 23.9. The van der Waals surface area contributed by atoms with Crippen LogP contribution in [0, 0.1) is 16.3 Å². The lowest BCUT2D eigenvalue weighted by atomic mass is 10.1. The highest BCUT2D eigenvalue weighted by Crippen LogP contribution is 2.33. The first-order valence-electron chi connectivity index (χ1n) is 10.7. The molecule has 1 atom stereocenters. The Morgan fingerprint density at radius 1 is 1.36 bits per heavy atom. The van der Waals surface area contributed by atoms with Crippen molar-refractivity contribution in [1.29, 1.82) is 0 Å². The molecule has 1 saturated heterocycles. The monoisotopic (exact) mass is 629 g/mol. The van der Waals surface area contributed by atoms with Gasteiger partial charge < -0.3 is 18.8 Å². The number of halogens is 3. The summed E-state index contributed by atoms with van der Waals surface area (Å²) in [4.78, 5) is 19.1. The number of hydrogen-bond donors (Lipinski definition) is 0. The maximum absolute atomic E-state index is 14.5. The summed E-state index contributed by atoms with van der Waals surface area (Å²) in [6.07, 6.45) is 1.93. The van der Waals surface area contributed by atoms with Crippen molar-refractivity contribution in [2.75, 3.05) is 19.7 Å². The van der Waals surface area contributed by atoms with E-state index in [9.17, 15) is 9.18 Å². The van der Waals surface area contributed by atoms with E-state index in [1.807, 2.05) is 50.4 Å². The Morgan fingerprint density at radius 2 is 2.12 bits per heavy atom. The molecule has 0 saturated carbocycles.